The summed E-state index contributed by atoms with van der Waals surface area (Å²) >= 11 is 0. The van der Waals surface area contributed by atoms with Crippen molar-refractivity contribution in [1.29, 1.82) is 0 Å². The molecule has 3 amide bonds. The van der Waals surface area contributed by atoms with Crippen molar-refractivity contribution < 1.29 is 19.1 Å². The van der Waals surface area contributed by atoms with Crippen LogP contribution in [0.5, 0.6) is 0 Å². The van der Waals surface area contributed by atoms with Crippen molar-refractivity contribution in [3.05, 3.63) is 30.1 Å². The Labute approximate surface area is 134 Å². The van der Waals surface area contributed by atoms with Crippen molar-refractivity contribution in [2.45, 2.75) is 13.5 Å². The molecule has 0 bridgehead atoms. The first-order chi connectivity index (χ1) is 11.1. The summed E-state index contributed by atoms with van der Waals surface area (Å²) in [4.78, 5) is 42.4. The van der Waals surface area contributed by atoms with Gasteiger partial charge in [0.15, 0.2) is 0 Å². The fraction of sp³-hybridized carbons (Fsp3) is 0.467. The Morgan fingerprint density at radius 1 is 1.13 bits per heavy atom. The van der Waals surface area contributed by atoms with Gasteiger partial charge in [0.1, 0.15) is 0 Å². The van der Waals surface area contributed by atoms with Gasteiger partial charge in [0.2, 0.25) is 0 Å². The summed E-state index contributed by atoms with van der Waals surface area (Å²) in [6.07, 6.45) is 2.86. The molecule has 8 nitrogen and oxygen atoms in total. The molecule has 0 saturated carbocycles. The van der Waals surface area contributed by atoms with Gasteiger partial charge in [-0.25, -0.2) is 4.79 Å². The highest BCUT2D eigenvalue weighted by Gasteiger charge is 2.28. The number of hydrogen-bond acceptors (Lipinski definition) is 5. The molecule has 23 heavy (non-hydrogen) atoms. The third-order valence-electron chi connectivity index (χ3n) is 3.49. The Balaban J connectivity index is 1.78. The molecule has 0 unspecified atom stereocenters. The molecule has 1 fully saturated rings. The van der Waals surface area contributed by atoms with Crippen molar-refractivity contribution in [2.75, 3.05) is 32.8 Å². The summed E-state index contributed by atoms with van der Waals surface area (Å²) in [6, 6.07) is 3.53. The molecule has 124 valence electrons. The number of nitrogens with zero attached hydrogens (tertiary/aromatic N) is 3. The highest BCUT2D eigenvalue weighted by molar-refractivity contribution is 6.35. The van der Waals surface area contributed by atoms with E-state index in [2.05, 4.69) is 10.3 Å². The maximum absolute atomic E-state index is 12.1. The van der Waals surface area contributed by atoms with Gasteiger partial charge < -0.3 is 19.9 Å². The zero-order valence-corrected chi connectivity index (χ0v) is 13.0. The van der Waals surface area contributed by atoms with E-state index in [4.69, 9.17) is 4.74 Å². The molecule has 0 aromatic carbocycles. The molecular formula is C15H20N4O4. The van der Waals surface area contributed by atoms with Crippen LogP contribution in [-0.2, 0) is 20.9 Å². The summed E-state index contributed by atoms with van der Waals surface area (Å²) in [5, 5.41) is 2.59. The molecule has 2 heterocycles. The maximum atomic E-state index is 12.1. The van der Waals surface area contributed by atoms with Crippen LogP contribution in [0.15, 0.2) is 24.5 Å². The number of rotatable bonds is 3. The Morgan fingerprint density at radius 2 is 1.74 bits per heavy atom. The van der Waals surface area contributed by atoms with Crippen LogP contribution in [0, 0.1) is 0 Å². The molecule has 1 aromatic heterocycles. The average molecular weight is 320 g/mol. The first kappa shape index (κ1) is 16.7. The van der Waals surface area contributed by atoms with E-state index in [0.29, 0.717) is 32.8 Å². The second-order valence-corrected chi connectivity index (χ2v) is 5.02. The monoisotopic (exact) mass is 320 g/mol. The van der Waals surface area contributed by atoms with Gasteiger partial charge in [0, 0.05) is 45.1 Å². The Kier molecular flexibility index (Phi) is 5.90. The van der Waals surface area contributed by atoms with Gasteiger partial charge in [-0.1, -0.05) is 0 Å². The van der Waals surface area contributed by atoms with Crippen molar-refractivity contribution in [1.82, 2.24) is 20.1 Å². The number of pyridine rings is 1. The van der Waals surface area contributed by atoms with Crippen LogP contribution in [0.1, 0.15) is 12.5 Å². The van der Waals surface area contributed by atoms with Gasteiger partial charge in [0.25, 0.3) is 0 Å². The molecule has 0 radical (unpaired) electrons. The van der Waals surface area contributed by atoms with Crippen LogP contribution >= 0.6 is 0 Å². The highest BCUT2D eigenvalue weighted by Crippen LogP contribution is 2.04. The molecule has 8 heteroatoms. The van der Waals surface area contributed by atoms with Crippen molar-refractivity contribution >= 4 is 17.9 Å². The molecule has 0 aliphatic carbocycles. The number of amides is 3. The lowest BCUT2D eigenvalue weighted by Gasteiger charge is -2.33. The van der Waals surface area contributed by atoms with Gasteiger partial charge in [-0.15, -0.1) is 0 Å². The second-order valence-electron chi connectivity index (χ2n) is 5.02. The molecule has 1 aliphatic heterocycles. The maximum Gasteiger partial charge on any atom is 0.409 e. The number of carbonyl (C=O) groups is 3. The minimum Gasteiger partial charge on any atom is -0.450 e. The fourth-order valence-electron chi connectivity index (χ4n) is 2.21. The predicted molar refractivity (Wildman–Crippen MR) is 81.3 cm³/mol. The van der Waals surface area contributed by atoms with Gasteiger partial charge in [-0.05, 0) is 24.6 Å². The van der Waals surface area contributed by atoms with Crippen LogP contribution in [0.3, 0.4) is 0 Å². The van der Waals surface area contributed by atoms with Crippen LogP contribution in [0.4, 0.5) is 4.79 Å². The lowest BCUT2D eigenvalue weighted by atomic mass is 10.2. The average Bonchev–Trinajstić information content (AvgIpc) is 2.60. The topological polar surface area (TPSA) is 91.8 Å². The number of ether oxygens (including phenoxy) is 1. The first-order valence-corrected chi connectivity index (χ1v) is 7.49. The third kappa shape index (κ3) is 4.67. The van der Waals surface area contributed by atoms with Crippen molar-refractivity contribution in [3.63, 3.8) is 0 Å². The van der Waals surface area contributed by atoms with E-state index < -0.39 is 11.8 Å². The third-order valence-corrected chi connectivity index (χ3v) is 3.49. The lowest BCUT2D eigenvalue weighted by molar-refractivity contribution is -0.146. The molecule has 0 spiro atoms. The number of aromatic nitrogens is 1. The van der Waals surface area contributed by atoms with Gasteiger partial charge in [0.05, 0.1) is 6.61 Å². The van der Waals surface area contributed by atoms with Crippen LogP contribution in [0.25, 0.3) is 0 Å². The lowest BCUT2D eigenvalue weighted by Crippen LogP contribution is -2.53. The van der Waals surface area contributed by atoms with E-state index in [1.807, 2.05) is 0 Å². The summed E-state index contributed by atoms with van der Waals surface area (Å²) in [5.74, 6) is -1.23. The van der Waals surface area contributed by atoms with E-state index in [1.165, 1.54) is 9.80 Å². The van der Waals surface area contributed by atoms with E-state index in [1.54, 1.807) is 31.5 Å². The molecule has 1 aliphatic rings. The van der Waals surface area contributed by atoms with Gasteiger partial charge in [-0.3, -0.25) is 14.6 Å². The summed E-state index contributed by atoms with van der Waals surface area (Å²) in [7, 11) is 0. The van der Waals surface area contributed by atoms with E-state index in [-0.39, 0.29) is 12.6 Å². The largest absolute Gasteiger partial charge is 0.450 e. The van der Waals surface area contributed by atoms with E-state index in [0.717, 1.165) is 5.56 Å². The first-order valence-electron chi connectivity index (χ1n) is 7.49. The van der Waals surface area contributed by atoms with Crippen LogP contribution in [0.2, 0.25) is 0 Å². The molecular weight excluding hydrogens is 300 g/mol. The normalized spacial score (nSPS) is 14.3. The molecule has 2 rings (SSSR count). The second kappa shape index (κ2) is 8.11. The van der Waals surface area contributed by atoms with Crippen LogP contribution in [-0.4, -0.2) is 65.5 Å². The SMILES string of the molecule is CCOC(=O)N1CCN(C(=O)C(=O)NCc2ccncc2)CC1. The Hall–Kier alpha value is -2.64. The van der Waals surface area contributed by atoms with Gasteiger partial charge in [-0.2, -0.15) is 0 Å². The van der Waals surface area contributed by atoms with Crippen molar-refractivity contribution in [3.8, 4) is 0 Å². The van der Waals surface area contributed by atoms with E-state index >= 15 is 0 Å². The quantitative estimate of drug-likeness (QED) is 0.792. The van der Waals surface area contributed by atoms with E-state index in [9.17, 15) is 14.4 Å². The van der Waals surface area contributed by atoms with Crippen molar-refractivity contribution in [2.24, 2.45) is 0 Å². The zero-order chi connectivity index (χ0) is 16.7. The zero-order valence-electron chi connectivity index (χ0n) is 13.0. The summed E-state index contributed by atoms with van der Waals surface area (Å²) in [5.41, 5.74) is 0.869. The highest BCUT2D eigenvalue weighted by atomic mass is 16.6. The summed E-state index contributed by atoms with van der Waals surface area (Å²) < 4.78 is 4.91. The minimum absolute atomic E-state index is 0.274. The summed E-state index contributed by atoms with van der Waals surface area (Å²) in [6.45, 7) is 3.70. The fourth-order valence-corrected chi connectivity index (χ4v) is 2.21. The smallest absolute Gasteiger partial charge is 0.409 e. The van der Waals surface area contributed by atoms with Gasteiger partial charge >= 0.3 is 17.9 Å². The minimum atomic E-state index is -0.647. The predicted octanol–water partition coefficient (Wildman–Crippen LogP) is -0.00150. The molecule has 1 aromatic rings. The number of hydrogen-bond donors (Lipinski definition) is 1. The number of carbonyl (C=O) groups excluding carboxylic acids is 3. The van der Waals surface area contributed by atoms with Crippen LogP contribution < -0.4 is 5.32 Å². The number of piperazine rings is 1. The molecule has 1 N–H and O–H groups in total. The Bertz CT molecular complexity index is 556. The Morgan fingerprint density at radius 3 is 2.35 bits per heavy atom. The standard InChI is InChI=1S/C15H20N4O4/c1-2-23-15(22)19-9-7-18(8-10-19)14(21)13(20)17-11-12-3-5-16-6-4-12/h3-6H,2,7-11H2,1H3,(H,17,20). The number of nitrogens with one attached hydrogen (secondary N) is 1. The molecule has 1 saturated heterocycles. The molecule has 0 atom stereocenters.